The maximum atomic E-state index is 4.53. The molecule has 1 fully saturated rings. The van der Waals surface area contributed by atoms with E-state index in [1.807, 2.05) is 24.1 Å². The number of nitrogens with zero attached hydrogens (tertiary/aromatic N) is 5. The average molecular weight is 301 g/mol. The van der Waals surface area contributed by atoms with E-state index in [1.165, 1.54) is 24.8 Å². The van der Waals surface area contributed by atoms with Gasteiger partial charge in [0.25, 0.3) is 0 Å². The third-order valence-corrected chi connectivity index (χ3v) is 5.32. The zero-order valence-electron chi connectivity index (χ0n) is 12.1. The second kappa shape index (κ2) is 5.26. The summed E-state index contributed by atoms with van der Waals surface area (Å²) in [7, 11) is 1.96. The molecule has 21 heavy (non-hydrogen) atoms. The summed E-state index contributed by atoms with van der Waals surface area (Å²) >= 11 is 1.81. The van der Waals surface area contributed by atoms with Gasteiger partial charge in [-0.15, -0.1) is 11.8 Å². The van der Waals surface area contributed by atoms with Crippen LogP contribution in [0.15, 0.2) is 36.4 Å². The quantitative estimate of drug-likeness (QED) is 0.869. The van der Waals surface area contributed by atoms with E-state index in [4.69, 9.17) is 0 Å². The Balaban J connectivity index is 1.52. The lowest BCUT2D eigenvalue weighted by atomic mass is 9.85. The molecule has 4 rings (SSSR count). The lowest BCUT2D eigenvalue weighted by Gasteiger charge is -2.25. The molecule has 1 unspecified atom stereocenters. The van der Waals surface area contributed by atoms with Crippen molar-refractivity contribution in [3.63, 3.8) is 0 Å². The molecule has 1 aliphatic carbocycles. The van der Waals surface area contributed by atoms with Crippen LogP contribution < -0.4 is 4.90 Å². The molecule has 1 atom stereocenters. The third-order valence-electron chi connectivity index (χ3n) is 4.28. The Morgan fingerprint density at radius 2 is 2.14 bits per heavy atom. The highest BCUT2D eigenvalue weighted by Crippen LogP contribution is 2.41. The van der Waals surface area contributed by atoms with Crippen molar-refractivity contribution in [1.82, 2.24) is 19.6 Å². The van der Waals surface area contributed by atoms with Crippen LogP contribution >= 0.6 is 11.8 Å². The van der Waals surface area contributed by atoms with Crippen molar-refractivity contribution in [3.05, 3.63) is 42.0 Å². The van der Waals surface area contributed by atoms with Crippen LogP contribution in [-0.2, 0) is 13.6 Å². The van der Waals surface area contributed by atoms with Crippen LogP contribution in [0.25, 0.3) is 0 Å². The maximum absolute atomic E-state index is 4.53. The van der Waals surface area contributed by atoms with Crippen LogP contribution in [0.4, 0.5) is 5.69 Å². The monoisotopic (exact) mass is 301 g/mol. The van der Waals surface area contributed by atoms with Crippen molar-refractivity contribution in [2.75, 3.05) is 4.90 Å². The van der Waals surface area contributed by atoms with Gasteiger partial charge < -0.3 is 4.90 Å². The molecule has 0 bridgehead atoms. The van der Waals surface area contributed by atoms with Gasteiger partial charge >= 0.3 is 0 Å². The first-order chi connectivity index (χ1) is 10.3. The molecule has 110 valence electrons. The summed E-state index contributed by atoms with van der Waals surface area (Å²) in [4.78, 5) is 2.27. The van der Waals surface area contributed by atoms with Gasteiger partial charge in [0, 0.05) is 37.7 Å². The van der Waals surface area contributed by atoms with E-state index in [1.54, 1.807) is 11.8 Å². The molecular weight excluding hydrogens is 282 g/mol. The SMILES string of the molecule is Cn1cc(C2SC=CN2c2cnn(CC3CCC3)c2)cn1. The highest BCUT2D eigenvalue weighted by molar-refractivity contribution is 8.02. The van der Waals surface area contributed by atoms with Crippen molar-refractivity contribution in [3.8, 4) is 0 Å². The summed E-state index contributed by atoms with van der Waals surface area (Å²) in [5, 5.41) is 11.2. The number of hydrogen-bond acceptors (Lipinski definition) is 4. The summed E-state index contributed by atoms with van der Waals surface area (Å²) < 4.78 is 3.95. The molecular formula is C15H19N5S. The molecule has 2 aromatic heterocycles. The van der Waals surface area contributed by atoms with Crippen molar-refractivity contribution >= 4 is 17.4 Å². The molecule has 2 aliphatic rings. The minimum atomic E-state index is 0.264. The minimum Gasteiger partial charge on any atom is -0.328 e. The molecule has 1 saturated carbocycles. The van der Waals surface area contributed by atoms with Crippen LogP contribution in [-0.4, -0.2) is 19.6 Å². The molecule has 5 nitrogen and oxygen atoms in total. The normalized spacial score (nSPS) is 22.0. The molecule has 6 heteroatoms. The molecule has 0 radical (unpaired) electrons. The molecule has 0 N–H and O–H groups in total. The summed E-state index contributed by atoms with van der Waals surface area (Å²) in [5.41, 5.74) is 2.38. The van der Waals surface area contributed by atoms with E-state index >= 15 is 0 Å². The van der Waals surface area contributed by atoms with E-state index in [-0.39, 0.29) is 5.37 Å². The molecule has 2 aromatic rings. The number of aromatic nitrogens is 4. The number of hydrogen-bond donors (Lipinski definition) is 0. The lowest BCUT2D eigenvalue weighted by molar-refractivity contribution is 0.266. The highest BCUT2D eigenvalue weighted by atomic mass is 32.2. The zero-order valence-corrected chi connectivity index (χ0v) is 12.9. The Kier molecular flexibility index (Phi) is 3.25. The van der Waals surface area contributed by atoms with E-state index in [9.17, 15) is 0 Å². The van der Waals surface area contributed by atoms with Crippen molar-refractivity contribution < 1.29 is 0 Å². The van der Waals surface area contributed by atoms with Crippen molar-refractivity contribution in [1.29, 1.82) is 0 Å². The predicted octanol–water partition coefficient (Wildman–Crippen LogP) is 3.14. The van der Waals surface area contributed by atoms with Crippen LogP contribution in [0.2, 0.25) is 0 Å². The summed E-state index contributed by atoms with van der Waals surface area (Å²) in [5.74, 6) is 0.829. The fourth-order valence-electron chi connectivity index (χ4n) is 2.87. The Morgan fingerprint density at radius 3 is 2.86 bits per heavy atom. The number of thioether (sulfide) groups is 1. The first-order valence-electron chi connectivity index (χ1n) is 7.41. The van der Waals surface area contributed by atoms with Gasteiger partial charge in [-0.1, -0.05) is 6.42 Å². The molecule has 1 aliphatic heterocycles. The molecule has 0 saturated heterocycles. The van der Waals surface area contributed by atoms with Gasteiger partial charge in [-0.25, -0.2) is 0 Å². The molecule has 0 amide bonds. The predicted molar refractivity (Wildman–Crippen MR) is 84.7 cm³/mol. The van der Waals surface area contributed by atoms with Gasteiger partial charge in [-0.05, 0) is 24.2 Å². The summed E-state index contributed by atoms with van der Waals surface area (Å²) in [6, 6.07) is 0. The Labute approximate surface area is 128 Å². The largest absolute Gasteiger partial charge is 0.328 e. The van der Waals surface area contributed by atoms with Gasteiger partial charge in [0.05, 0.1) is 18.1 Å². The number of aryl methyl sites for hydroxylation is 1. The van der Waals surface area contributed by atoms with Crippen molar-refractivity contribution in [2.24, 2.45) is 13.0 Å². The van der Waals surface area contributed by atoms with E-state index in [0.717, 1.165) is 18.2 Å². The van der Waals surface area contributed by atoms with E-state index in [0.29, 0.717) is 0 Å². The summed E-state index contributed by atoms with van der Waals surface area (Å²) in [6.07, 6.45) is 14.4. The van der Waals surface area contributed by atoms with Crippen molar-refractivity contribution in [2.45, 2.75) is 31.2 Å². The fourth-order valence-corrected chi connectivity index (χ4v) is 3.83. The third kappa shape index (κ3) is 2.48. The second-order valence-electron chi connectivity index (χ2n) is 5.85. The molecule has 0 spiro atoms. The minimum absolute atomic E-state index is 0.264. The van der Waals surface area contributed by atoms with Gasteiger partial charge in [0.1, 0.15) is 5.37 Å². The highest BCUT2D eigenvalue weighted by Gasteiger charge is 2.26. The number of anilines is 1. The van der Waals surface area contributed by atoms with Gasteiger partial charge in [-0.2, -0.15) is 10.2 Å². The molecule has 3 heterocycles. The first kappa shape index (κ1) is 13.0. The maximum Gasteiger partial charge on any atom is 0.112 e. The van der Waals surface area contributed by atoms with E-state index in [2.05, 4.69) is 43.8 Å². The number of rotatable bonds is 4. The van der Waals surface area contributed by atoms with Crippen LogP contribution in [0.1, 0.15) is 30.2 Å². The van der Waals surface area contributed by atoms with Crippen LogP contribution in [0, 0.1) is 5.92 Å². The average Bonchev–Trinajstić information content (AvgIpc) is 3.12. The fraction of sp³-hybridized carbons (Fsp3) is 0.467. The van der Waals surface area contributed by atoms with Gasteiger partial charge in [0.15, 0.2) is 0 Å². The van der Waals surface area contributed by atoms with Crippen LogP contribution in [0.5, 0.6) is 0 Å². The zero-order chi connectivity index (χ0) is 14.2. The Morgan fingerprint density at radius 1 is 1.24 bits per heavy atom. The summed E-state index contributed by atoms with van der Waals surface area (Å²) in [6.45, 7) is 1.06. The molecule has 0 aromatic carbocycles. The van der Waals surface area contributed by atoms with Gasteiger partial charge in [-0.3, -0.25) is 9.36 Å². The Hall–Kier alpha value is -1.69. The van der Waals surface area contributed by atoms with E-state index < -0.39 is 0 Å². The lowest BCUT2D eigenvalue weighted by Crippen LogP contribution is -2.18. The Bertz CT molecular complexity index is 655. The standard InChI is InChI=1S/C15H19N5S/c1-18-10-13(7-16-18)15-20(5-6-21-15)14-8-17-19(11-14)9-12-3-2-4-12/h5-8,10-12,15H,2-4,9H2,1H3. The topological polar surface area (TPSA) is 38.9 Å². The second-order valence-corrected chi connectivity index (χ2v) is 6.84. The smallest absolute Gasteiger partial charge is 0.112 e. The van der Waals surface area contributed by atoms with Crippen LogP contribution in [0.3, 0.4) is 0 Å². The van der Waals surface area contributed by atoms with Gasteiger partial charge in [0.2, 0.25) is 0 Å². The first-order valence-corrected chi connectivity index (χ1v) is 8.35.